The van der Waals surface area contributed by atoms with Gasteiger partial charge in [-0.2, -0.15) is 0 Å². The van der Waals surface area contributed by atoms with Crippen molar-refractivity contribution in [1.29, 1.82) is 0 Å². The highest BCUT2D eigenvalue weighted by Crippen LogP contribution is 2.78. The second-order valence-electron chi connectivity index (χ2n) is 11.3. The molecule has 6 rings (SSSR count). The van der Waals surface area contributed by atoms with Gasteiger partial charge in [0.2, 0.25) is 5.79 Å². The molecule has 0 aromatic carbocycles. The molecule has 3 N–H and O–H groups in total. The van der Waals surface area contributed by atoms with Crippen molar-refractivity contribution in [1.82, 2.24) is 0 Å². The molecule has 0 aromatic rings. The van der Waals surface area contributed by atoms with Crippen molar-refractivity contribution < 1.29 is 34.4 Å². The highest BCUT2D eigenvalue weighted by atomic mass is 16.6. The average Bonchev–Trinajstić information content (AvgIpc) is 2.74. The fourth-order valence-electron chi connectivity index (χ4n) is 8.91. The number of hydrogen-bond donors (Lipinski definition) is 3. The van der Waals surface area contributed by atoms with E-state index in [9.17, 15) is 24.9 Å². The number of fused-ring (bicyclic) bond motifs is 2. The molecule has 7 heteroatoms. The number of ketones is 1. The van der Waals surface area contributed by atoms with Crippen molar-refractivity contribution in [2.75, 3.05) is 6.61 Å². The molecule has 9 unspecified atom stereocenters. The summed E-state index contributed by atoms with van der Waals surface area (Å²) in [5.74, 6) is -4.93. The maximum Gasteiger partial charge on any atom is 0.303 e. The summed E-state index contributed by atoms with van der Waals surface area (Å²) in [5.41, 5.74) is -3.74. The van der Waals surface area contributed by atoms with Crippen molar-refractivity contribution in [2.45, 2.75) is 77.0 Å². The number of ether oxygens (including phenoxy) is 2. The van der Waals surface area contributed by atoms with Gasteiger partial charge in [-0.25, -0.2) is 0 Å². The lowest BCUT2D eigenvalue weighted by Gasteiger charge is -2.75. The Kier molecular flexibility index (Phi) is 3.81. The Morgan fingerprint density at radius 1 is 1.20 bits per heavy atom. The summed E-state index contributed by atoms with van der Waals surface area (Å²) < 4.78 is 11.9. The normalized spacial score (nSPS) is 55.8. The Labute approximate surface area is 176 Å². The summed E-state index contributed by atoms with van der Waals surface area (Å²) in [5, 5.41) is 34.9. The van der Waals surface area contributed by atoms with E-state index in [0.29, 0.717) is 6.42 Å². The summed E-state index contributed by atoms with van der Waals surface area (Å²) in [6.45, 7) is 11.4. The fourth-order valence-corrected chi connectivity index (χ4v) is 8.91. The molecule has 30 heavy (non-hydrogen) atoms. The fraction of sp³-hybridized carbons (Fsp3) is 0.826. The molecule has 7 nitrogen and oxygen atoms in total. The number of carbonyl (C=O) groups excluding carboxylic acids is 2. The van der Waals surface area contributed by atoms with E-state index in [2.05, 4.69) is 20.4 Å². The lowest BCUT2D eigenvalue weighted by molar-refractivity contribution is -0.463. The standard InChI is InChI=1S/C23H32O7/c1-11-13-9-20(5,30-12(2)24)18-21-8-6-7-19(3,4)14(21)17(27)23(28,29-10-21)22(18,15(11)25)16(13)26/h13-14,16-18,26-28H,1,6-10H2,2-5H3. The third kappa shape index (κ3) is 1.89. The largest absolute Gasteiger partial charge is 0.459 e. The lowest BCUT2D eigenvalue weighted by atomic mass is 9.34. The molecule has 0 aromatic heterocycles. The molecule has 0 radical (unpaired) electrons. The molecule has 2 spiro atoms. The van der Waals surface area contributed by atoms with Crippen LogP contribution in [0.5, 0.6) is 0 Å². The average molecular weight is 421 g/mol. The predicted octanol–water partition coefficient (Wildman–Crippen LogP) is 1.34. The zero-order chi connectivity index (χ0) is 22.1. The van der Waals surface area contributed by atoms with Gasteiger partial charge >= 0.3 is 5.97 Å². The Balaban J connectivity index is 1.85. The van der Waals surface area contributed by atoms with Crippen molar-refractivity contribution in [3.05, 3.63) is 12.2 Å². The molecule has 6 aliphatic rings. The van der Waals surface area contributed by atoms with E-state index in [-0.39, 0.29) is 29.9 Å². The van der Waals surface area contributed by atoms with Crippen molar-refractivity contribution in [3.63, 3.8) is 0 Å². The monoisotopic (exact) mass is 420 g/mol. The van der Waals surface area contributed by atoms with Gasteiger partial charge < -0.3 is 24.8 Å². The Bertz CT molecular complexity index is 866. The van der Waals surface area contributed by atoms with Crippen LogP contribution in [-0.4, -0.2) is 57.3 Å². The number of carbonyl (C=O) groups is 2. The third-order valence-corrected chi connectivity index (χ3v) is 9.40. The van der Waals surface area contributed by atoms with Crippen LogP contribution in [0, 0.1) is 34.0 Å². The van der Waals surface area contributed by atoms with Crippen molar-refractivity contribution in [2.24, 2.45) is 34.0 Å². The van der Waals surface area contributed by atoms with E-state index in [1.54, 1.807) is 0 Å². The van der Waals surface area contributed by atoms with Crippen molar-refractivity contribution in [3.8, 4) is 0 Å². The Morgan fingerprint density at radius 3 is 2.50 bits per heavy atom. The minimum absolute atomic E-state index is 0.148. The molecule has 9 atom stereocenters. The van der Waals surface area contributed by atoms with Crippen molar-refractivity contribution >= 4 is 11.8 Å². The zero-order valence-corrected chi connectivity index (χ0v) is 18.1. The Hall–Kier alpha value is -1.28. The van der Waals surface area contributed by atoms with Crippen LogP contribution in [0.1, 0.15) is 53.4 Å². The van der Waals surface area contributed by atoms with Crippen LogP contribution in [-0.2, 0) is 19.1 Å². The highest BCUT2D eigenvalue weighted by Gasteiger charge is 2.89. The molecular weight excluding hydrogens is 388 g/mol. The third-order valence-electron chi connectivity index (χ3n) is 9.40. The first-order chi connectivity index (χ1) is 13.8. The first kappa shape index (κ1) is 20.6. The smallest absolute Gasteiger partial charge is 0.303 e. The minimum atomic E-state index is -2.27. The van der Waals surface area contributed by atoms with Crippen LogP contribution in [0.2, 0.25) is 0 Å². The van der Waals surface area contributed by atoms with E-state index in [1.807, 2.05) is 6.92 Å². The molecule has 4 aliphatic carbocycles. The quantitative estimate of drug-likeness (QED) is 0.433. The maximum absolute atomic E-state index is 13.7. The first-order valence-electron chi connectivity index (χ1n) is 11.0. The number of esters is 1. The van der Waals surface area contributed by atoms with Gasteiger partial charge in [0.05, 0.1) is 12.7 Å². The first-order valence-corrected chi connectivity index (χ1v) is 11.0. The highest BCUT2D eigenvalue weighted by molar-refractivity contribution is 6.05. The second kappa shape index (κ2) is 5.55. The van der Waals surface area contributed by atoms with Crippen LogP contribution in [0.15, 0.2) is 12.2 Å². The topological polar surface area (TPSA) is 113 Å². The number of aliphatic hydroxyl groups is 3. The van der Waals surface area contributed by atoms with Gasteiger partial charge in [0.1, 0.15) is 17.1 Å². The van der Waals surface area contributed by atoms with Gasteiger partial charge in [-0.15, -0.1) is 0 Å². The summed E-state index contributed by atoms with van der Waals surface area (Å²) >= 11 is 0. The van der Waals surface area contributed by atoms with E-state index in [4.69, 9.17) is 9.47 Å². The molecule has 166 valence electrons. The zero-order valence-electron chi connectivity index (χ0n) is 18.1. The van der Waals surface area contributed by atoms with E-state index >= 15 is 0 Å². The van der Waals surface area contributed by atoms with Crippen LogP contribution >= 0.6 is 0 Å². The number of rotatable bonds is 1. The molecule has 2 heterocycles. The van der Waals surface area contributed by atoms with Gasteiger partial charge in [-0.3, -0.25) is 9.59 Å². The molecular formula is C23H32O7. The predicted molar refractivity (Wildman–Crippen MR) is 105 cm³/mol. The van der Waals surface area contributed by atoms with Crippen LogP contribution < -0.4 is 0 Å². The van der Waals surface area contributed by atoms with Gasteiger partial charge in [-0.05, 0) is 37.2 Å². The van der Waals surface area contributed by atoms with Gasteiger partial charge in [0.25, 0.3) is 0 Å². The SMILES string of the molecule is C=C1C(=O)C23C(O)C1CC(C)(OC(C)=O)C2C12CCCC(C)(C)C1C(O)C3(O)OC2. The number of hydrogen-bond acceptors (Lipinski definition) is 7. The number of Topliss-reactive ketones (excluding diaryl/α,β-unsaturated/α-hetero) is 1. The van der Waals surface area contributed by atoms with Crippen LogP contribution in [0.4, 0.5) is 0 Å². The van der Waals surface area contributed by atoms with E-state index < -0.39 is 58.0 Å². The Morgan fingerprint density at radius 2 is 1.87 bits per heavy atom. The summed E-state index contributed by atoms with van der Waals surface area (Å²) in [6.07, 6.45) is 0.0368. The molecule has 6 fully saturated rings. The summed E-state index contributed by atoms with van der Waals surface area (Å²) in [7, 11) is 0. The second-order valence-corrected chi connectivity index (χ2v) is 11.3. The summed E-state index contributed by atoms with van der Waals surface area (Å²) in [4.78, 5) is 25.9. The van der Waals surface area contributed by atoms with Gasteiger partial charge in [0.15, 0.2) is 5.78 Å². The molecule has 4 saturated carbocycles. The molecule has 2 saturated heterocycles. The van der Waals surface area contributed by atoms with Gasteiger partial charge in [-0.1, -0.05) is 26.8 Å². The molecule has 0 amide bonds. The van der Waals surface area contributed by atoms with E-state index in [0.717, 1.165) is 12.8 Å². The van der Waals surface area contributed by atoms with Crippen LogP contribution in [0.3, 0.4) is 0 Å². The molecule has 2 aliphatic heterocycles. The van der Waals surface area contributed by atoms with Gasteiger partial charge in [0, 0.05) is 30.1 Å². The number of aliphatic hydroxyl groups excluding tert-OH is 2. The maximum atomic E-state index is 13.7. The molecule has 4 bridgehead atoms. The lowest BCUT2D eigenvalue weighted by Crippen LogP contribution is -2.86. The minimum Gasteiger partial charge on any atom is -0.459 e. The van der Waals surface area contributed by atoms with Crippen LogP contribution in [0.25, 0.3) is 0 Å². The van der Waals surface area contributed by atoms with E-state index in [1.165, 1.54) is 6.92 Å². The summed E-state index contributed by atoms with van der Waals surface area (Å²) in [6, 6.07) is 0.